The quantitative estimate of drug-likeness (QED) is 0.763. The maximum atomic E-state index is 12.4. The third-order valence-electron chi connectivity index (χ3n) is 3.91. The molecule has 0 unspecified atom stereocenters. The first kappa shape index (κ1) is 18.4. The van der Waals surface area contributed by atoms with Gasteiger partial charge in [-0.1, -0.05) is 19.9 Å². The molecule has 1 aliphatic rings. The maximum Gasteiger partial charge on any atom is 0.293 e. The molecule has 1 saturated heterocycles. The fourth-order valence-corrected chi connectivity index (χ4v) is 3.27. The molecule has 0 aliphatic carbocycles. The number of benzene rings is 1. The number of likely N-dealkylation sites (N-methyl/N-ethyl adjacent to an activating group) is 1. The SMILES string of the molecule is CCN(CC)CCN1C(=O)S/C(=C\c2ccc(O)c(OC)c2)C1=O. The van der Waals surface area contributed by atoms with E-state index in [1.54, 1.807) is 18.2 Å². The Labute approximate surface area is 146 Å². The van der Waals surface area contributed by atoms with E-state index in [-0.39, 0.29) is 16.9 Å². The van der Waals surface area contributed by atoms with Crippen LogP contribution in [-0.2, 0) is 4.79 Å². The number of ether oxygens (including phenoxy) is 1. The second-order valence-electron chi connectivity index (χ2n) is 5.29. The molecule has 0 saturated carbocycles. The van der Waals surface area contributed by atoms with Gasteiger partial charge in [0.15, 0.2) is 11.5 Å². The standard InChI is InChI=1S/C17H22N2O4S/c1-4-18(5-2)8-9-19-16(21)15(24-17(19)22)11-12-6-7-13(20)14(10-12)23-3/h6-7,10-11,20H,4-5,8-9H2,1-3H3/b15-11-. The van der Waals surface area contributed by atoms with Gasteiger partial charge in [0.05, 0.1) is 12.0 Å². The second kappa shape index (κ2) is 8.21. The third-order valence-corrected chi connectivity index (χ3v) is 4.82. The fourth-order valence-electron chi connectivity index (χ4n) is 2.41. The van der Waals surface area contributed by atoms with Crippen molar-refractivity contribution in [3.05, 3.63) is 28.7 Å². The van der Waals surface area contributed by atoms with Crippen LogP contribution in [0.15, 0.2) is 23.1 Å². The zero-order valence-corrected chi connectivity index (χ0v) is 14.9. The average Bonchev–Trinajstić information content (AvgIpc) is 2.84. The summed E-state index contributed by atoms with van der Waals surface area (Å²) in [5.41, 5.74) is 0.693. The topological polar surface area (TPSA) is 70.1 Å². The van der Waals surface area contributed by atoms with E-state index in [9.17, 15) is 14.7 Å². The minimum absolute atomic E-state index is 0.0296. The highest BCUT2D eigenvalue weighted by Crippen LogP contribution is 2.34. The van der Waals surface area contributed by atoms with Crippen LogP contribution in [0.3, 0.4) is 0 Å². The van der Waals surface area contributed by atoms with E-state index in [1.807, 2.05) is 0 Å². The number of phenols is 1. The lowest BCUT2D eigenvalue weighted by atomic mass is 10.2. The minimum Gasteiger partial charge on any atom is -0.504 e. The molecular formula is C17H22N2O4S. The second-order valence-corrected chi connectivity index (χ2v) is 6.28. The van der Waals surface area contributed by atoms with Crippen LogP contribution < -0.4 is 4.74 Å². The first-order valence-electron chi connectivity index (χ1n) is 7.84. The predicted octanol–water partition coefficient (Wildman–Crippen LogP) is 2.78. The van der Waals surface area contributed by atoms with E-state index in [0.717, 1.165) is 24.9 Å². The number of hydrogen-bond acceptors (Lipinski definition) is 6. The molecule has 6 nitrogen and oxygen atoms in total. The highest BCUT2D eigenvalue weighted by Gasteiger charge is 2.34. The van der Waals surface area contributed by atoms with Crippen molar-refractivity contribution >= 4 is 29.0 Å². The van der Waals surface area contributed by atoms with Gasteiger partial charge in [0.2, 0.25) is 0 Å². The van der Waals surface area contributed by atoms with Crippen LogP contribution in [0.1, 0.15) is 19.4 Å². The van der Waals surface area contributed by atoms with Gasteiger partial charge < -0.3 is 14.7 Å². The molecule has 2 amide bonds. The minimum atomic E-state index is -0.274. The lowest BCUT2D eigenvalue weighted by molar-refractivity contribution is -0.122. The first-order chi connectivity index (χ1) is 11.5. The lowest BCUT2D eigenvalue weighted by Crippen LogP contribution is -2.37. The molecule has 130 valence electrons. The van der Waals surface area contributed by atoms with Crippen LogP contribution >= 0.6 is 11.8 Å². The summed E-state index contributed by atoms with van der Waals surface area (Å²) < 4.78 is 5.05. The molecule has 1 N–H and O–H groups in total. The van der Waals surface area contributed by atoms with E-state index < -0.39 is 0 Å². The largest absolute Gasteiger partial charge is 0.504 e. The van der Waals surface area contributed by atoms with Crippen molar-refractivity contribution in [1.82, 2.24) is 9.80 Å². The maximum absolute atomic E-state index is 12.4. The molecule has 1 heterocycles. The summed E-state index contributed by atoms with van der Waals surface area (Å²) in [5, 5.41) is 9.37. The van der Waals surface area contributed by atoms with Crippen molar-refractivity contribution in [2.75, 3.05) is 33.3 Å². The van der Waals surface area contributed by atoms with E-state index in [1.165, 1.54) is 18.1 Å². The molecule has 0 spiro atoms. The Morgan fingerprint density at radius 1 is 1.29 bits per heavy atom. The Morgan fingerprint density at radius 3 is 2.62 bits per heavy atom. The summed E-state index contributed by atoms with van der Waals surface area (Å²) in [7, 11) is 1.46. The highest BCUT2D eigenvalue weighted by molar-refractivity contribution is 8.18. The van der Waals surface area contributed by atoms with Crippen LogP contribution in [0.25, 0.3) is 6.08 Å². The molecule has 0 atom stereocenters. The Kier molecular flexibility index (Phi) is 6.28. The number of thioether (sulfide) groups is 1. The van der Waals surface area contributed by atoms with Gasteiger partial charge in [0, 0.05) is 13.1 Å². The van der Waals surface area contributed by atoms with E-state index in [2.05, 4.69) is 18.7 Å². The Bertz CT molecular complexity index is 656. The number of rotatable bonds is 7. The highest BCUT2D eigenvalue weighted by atomic mass is 32.2. The third kappa shape index (κ3) is 4.10. The van der Waals surface area contributed by atoms with Gasteiger partial charge in [-0.3, -0.25) is 14.5 Å². The lowest BCUT2D eigenvalue weighted by Gasteiger charge is -2.20. The van der Waals surface area contributed by atoms with Crippen molar-refractivity contribution in [2.24, 2.45) is 0 Å². The number of amides is 2. The number of carbonyl (C=O) groups is 2. The summed E-state index contributed by atoms with van der Waals surface area (Å²) in [6.07, 6.45) is 1.64. The number of hydrogen-bond donors (Lipinski definition) is 1. The van der Waals surface area contributed by atoms with Gasteiger partial charge in [0.1, 0.15) is 0 Å². The monoisotopic (exact) mass is 350 g/mol. The molecule has 1 fully saturated rings. The molecule has 1 aromatic rings. The molecule has 1 aliphatic heterocycles. The van der Waals surface area contributed by atoms with Crippen LogP contribution in [0.4, 0.5) is 4.79 Å². The van der Waals surface area contributed by atoms with Crippen LogP contribution in [0.5, 0.6) is 11.5 Å². The average molecular weight is 350 g/mol. The Morgan fingerprint density at radius 2 is 2.00 bits per heavy atom. The number of aromatic hydroxyl groups is 1. The number of imide groups is 1. The van der Waals surface area contributed by atoms with Gasteiger partial charge in [-0.15, -0.1) is 0 Å². The van der Waals surface area contributed by atoms with Crippen LogP contribution in [0.2, 0.25) is 0 Å². The molecule has 0 radical (unpaired) electrons. The number of methoxy groups -OCH3 is 1. The molecule has 1 aromatic carbocycles. The smallest absolute Gasteiger partial charge is 0.293 e. The van der Waals surface area contributed by atoms with E-state index in [4.69, 9.17) is 4.74 Å². The number of phenolic OH excluding ortho intramolecular Hbond substituents is 1. The molecule has 2 rings (SSSR count). The molecule has 0 aromatic heterocycles. The van der Waals surface area contributed by atoms with Crippen molar-refractivity contribution in [3.63, 3.8) is 0 Å². The summed E-state index contributed by atoms with van der Waals surface area (Å²) in [5.74, 6) is 0.0793. The predicted molar refractivity (Wildman–Crippen MR) is 95.1 cm³/mol. The van der Waals surface area contributed by atoms with Gasteiger partial charge in [-0.2, -0.15) is 0 Å². The number of carbonyl (C=O) groups excluding carboxylic acids is 2. The molecular weight excluding hydrogens is 328 g/mol. The van der Waals surface area contributed by atoms with Gasteiger partial charge >= 0.3 is 0 Å². The normalized spacial score (nSPS) is 16.5. The van der Waals surface area contributed by atoms with Gasteiger partial charge in [-0.05, 0) is 48.6 Å². The number of nitrogens with zero attached hydrogens (tertiary/aromatic N) is 2. The zero-order chi connectivity index (χ0) is 17.7. The van der Waals surface area contributed by atoms with E-state index in [0.29, 0.717) is 29.3 Å². The van der Waals surface area contributed by atoms with Gasteiger partial charge in [-0.25, -0.2) is 0 Å². The van der Waals surface area contributed by atoms with Crippen LogP contribution in [0, 0.1) is 0 Å². The summed E-state index contributed by atoms with van der Waals surface area (Å²) in [4.78, 5) is 28.4. The fraction of sp³-hybridized carbons (Fsp3) is 0.412. The van der Waals surface area contributed by atoms with Crippen molar-refractivity contribution < 1.29 is 19.4 Å². The molecule has 0 bridgehead atoms. The molecule has 7 heteroatoms. The van der Waals surface area contributed by atoms with Crippen molar-refractivity contribution in [1.29, 1.82) is 0 Å². The van der Waals surface area contributed by atoms with Crippen molar-refractivity contribution in [2.45, 2.75) is 13.8 Å². The molecule has 24 heavy (non-hydrogen) atoms. The summed E-state index contributed by atoms with van der Waals surface area (Å²) >= 11 is 0.938. The van der Waals surface area contributed by atoms with E-state index >= 15 is 0 Å². The summed E-state index contributed by atoms with van der Waals surface area (Å²) in [6, 6.07) is 4.79. The summed E-state index contributed by atoms with van der Waals surface area (Å²) in [6.45, 7) is 6.94. The Hall–Kier alpha value is -1.99. The van der Waals surface area contributed by atoms with Crippen molar-refractivity contribution in [3.8, 4) is 11.5 Å². The zero-order valence-electron chi connectivity index (χ0n) is 14.1. The van der Waals surface area contributed by atoms with Crippen LogP contribution in [-0.4, -0.2) is 59.3 Å². The van der Waals surface area contributed by atoms with Gasteiger partial charge in [0.25, 0.3) is 11.1 Å². The Balaban J connectivity index is 2.13. The first-order valence-corrected chi connectivity index (χ1v) is 8.66.